The number of aryl methyl sites for hydroxylation is 1. The number of nitrogens with one attached hydrogen (secondary N) is 1. The van der Waals surface area contributed by atoms with Crippen LogP contribution in [-0.2, 0) is 9.84 Å². The summed E-state index contributed by atoms with van der Waals surface area (Å²) in [5.41, 5.74) is 2.91. The Morgan fingerprint density at radius 1 is 1.21 bits per heavy atom. The van der Waals surface area contributed by atoms with Crippen molar-refractivity contribution in [3.63, 3.8) is 0 Å². The molecule has 1 unspecified atom stereocenters. The van der Waals surface area contributed by atoms with Gasteiger partial charge in [0, 0.05) is 12.1 Å². The van der Waals surface area contributed by atoms with E-state index in [1.54, 1.807) is 37.1 Å². The van der Waals surface area contributed by atoms with Crippen molar-refractivity contribution in [2.75, 3.05) is 32.3 Å². The van der Waals surface area contributed by atoms with Crippen molar-refractivity contribution in [2.45, 2.75) is 32.7 Å². The molecule has 3 aromatic rings. The normalized spacial score (nSPS) is 17.3. The van der Waals surface area contributed by atoms with Crippen LogP contribution in [0.5, 0.6) is 11.5 Å². The molecule has 3 heterocycles. The van der Waals surface area contributed by atoms with Gasteiger partial charge in [-0.3, -0.25) is 4.79 Å². The lowest BCUT2D eigenvalue weighted by molar-refractivity contribution is 0.0955. The molecule has 1 aliphatic rings. The third-order valence-electron chi connectivity index (χ3n) is 5.85. The fourth-order valence-corrected chi connectivity index (χ4v) is 5.88. The largest absolute Gasteiger partial charge is 0.493 e. The number of nitrogens with zero attached hydrogens (tertiary/aromatic N) is 3. The van der Waals surface area contributed by atoms with Gasteiger partial charge in [0.1, 0.15) is 0 Å². The Kier molecular flexibility index (Phi) is 6.29. The molecule has 1 fully saturated rings. The summed E-state index contributed by atoms with van der Waals surface area (Å²) in [4.78, 5) is 17.9. The van der Waals surface area contributed by atoms with Crippen LogP contribution in [0.2, 0.25) is 0 Å². The van der Waals surface area contributed by atoms with Gasteiger partial charge in [0.15, 0.2) is 27.0 Å². The smallest absolute Gasteiger partial charge is 0.252 e. The number of amides is 1. The summed E-state index contributed by atoms with van der Waals surface area (Å²) in [6, 6.07) is 6.86. The number of aromatic nitrogens is 3. The minimum Gasteiger partial charge on any atom is -0.493 e. The van der Waals surface area contributed by atoms with E-state index in [0.717, 1.165) is 12.0 Å². The number of pyridine rings is 1. The van der Waals surface area contributed by atoms with E-state index in [1.807, 2.05) is 19.9 Å². The first-order valence-electron chi connectivity index (χ1n) is 10.9. The monoisotopic (exact) mass is 472 g/mol. The van der Waals surface area contributed by atoms with Crippen molar-refractivity contribution >= 4 is 26.8 Å². The first kappa shape index (κ1) is 23.0. The molecular weight excluding hydrogens is 444 g/mol. The molecule has 1 aromatic carbocycles. The predicted molar refractivity (Wildman–Crippen MR) is 126 cm³/mol. The highest BCUT2D eigenvalue weighted by Gasteiger charge is 2.32. The van der Waals surface area contributed by atoms with E-state index in [-0.39, 0.29) is 23.5 Å². The molecule has 1 aliphatic heterocycles. The third kappa shape index (κ3) is 4.39. The number of ether oxygens (including phenoxy) is 2. The molecule has 33 heavy (non-hydrogen) atoms. The van der Waals surface area contributed by atoms with Crippen molar-refractivity contribution in [3.05, 3.63) is 35.5 Å². The zero-order valence-corrected chi connectivity index (χ0v) is 20.0. The van der Waals surface area contributed by atoms with Gasteiger partial charge < -0.3 is 14.8 Å². The van der Waals surface area contributed by atoms with Gasteiger partial charge in [-0.05, 0) is 44.0 Å². The van der Waals surface area contributed by atoms with Gasteiger partial charge in [0.2, 0.25) is 0 Å². The Morgan fingerprint density at radius 3 is 2.61 bits per heavy atom. The summed E-state index contributed by atoms with van der Waals surface area (Å²) < 4.78 is 36.7. The Morgan fingerprint density at radius 2 is 1.97 bits per heavy atom. The maximum absolute atomic E-state index is 13.1. The van der Waals surface area contributed by atoms with E-state index < -0.39 is 9.84 Å². The molecule has 1 amide bonds. The van der Waals surface area contributed by atoms with E-state index in [1.165, 1.54) is 0 Å². The van der Waals surface area contributed by atoms with E-state index in [0.29, 0.717) is 52.4 Å². The molecule has 176 valence electrons. The summed E-state index contributed by atoms with van der Waals surface area (Å²) in [5.74, 6) is 1.05. The van der Waals surface area contributed by atoms with Crippen LogP contribution in [0.3, 0.4) is 0 Å². The topological polar surface area (TPSA) is 112 Å². The number of fused-ring (bicyclic) bond motifs is 1. The van der Waals surface area contributed by atoms with Crippen LogP contribution in [0.4, 0.5) is 0 Å². The molecule has 1 atom stereocenters. The second-order valence-electron chi connectivity index (χ2n) is 8.17. The summed E-state index contributed by atoms with van der Waals surface area (Å²) in [6.45, 7) is 4.35. The number of carbonyl (C=O) groups is 1. The van der Waals surface area contributed by atoms with Crippen LogP contribution < -0.4 is 14.8 Å². The molecule has 1 N–H and O–H groups in total. The number of sulfone groups is 1. The fraction of sp³-hybridized carbons (Fsp3) is 0.435. The van der Waals surface area contributed by atoms with Crippen LogP contribution in [0.1, 0.15) is 41.9 Å². The standard InChI is InChI=1S/C23H28N4O5S/c1-5-9-24-23(28)17-12-18(15-6-7-19(31-3)20(11-15)32-4)25-22-21(17)14(2)26-27(22)16-8-10-33(29,30)13-16/h6-7,11-12,16H,5,8-10,13H2,1-4H3,(H,24,28). The molecule has 0 radical (unpaired) electrons. The van der Waals surface area contributed by atoms with Crippen molar-refractivity contribution in [3.8, 4) is 22.8 Å². The Bertz CT molecular complexity index is 1320. The number of benzene rings is 1. The van der Waals surface area contributed by atoms with Gasteiger partial charge in [-0.1, -0.05) is 6.92 Å². The second-order valence-corrected chi connectivity index (χ2v) is 10.4. The third-order valence-corrected chi connectivity index (χ3v) is 7.60. The molecule has 0 saturated carbocycles. The Labute approximate surface area is 193 Å². The van der Waals surface area contributed by atoms with Crippen LogP contribution in [0.15, 0.2) is 24.3 Å². The number of carbonyl (C=O) groups excluding carboxylic acids is 1. The zero-order chi connectivity index (χ0) is 23.8. The first-order valence-corrected chi connectivity index (χ1v) is 12.7. The maximum Gasteiger partial charge on any atom is 0.252 e. The Hall–Kier alpha value is -3.14. The van der Waals surface area contributed by atoms with Crippen LogP contribution in [0, 0.1) is 6.92 Å². The van der Waals surface area contributed by atoms with E-state index in [2.05, 4.69) is 10.4 Å². The lowest BCUT2D eigenvalue weighted by Crippen LogP contribution is -2.24. The van der Waals surface area contributed by atoms with Crippen LogP contribution in [0.25, 0.3) is 22.3 Å². The average molecular weight is 473 g/mol. The van der Waals surface area contributed by atoms with Crippen LogP contribution in [-0.4, -0.2) is 61.4 Å². The molecule has 10 heteroatoms. The zero-order valence-electron chi connectivity index (χ0n) is 19.2. The quantitative estimate of drug-likeness (QED) is 0.563. The van der Waals surface area contributed by atoms with E-state index in [9.17, 15) is 13.2 Å². The van der Waals surface area contributed by atoms with E-state index in [4.69, 9.17) is 14.5 Å². The molecule has 0 aliphatic carbocycles. The van der Waals surface area contributed by atoms with Crippen molar-refractivity contribution in [1.29, 1.82) is 0 Å². The van der Waals surface area contributed by atoms with Gasteiger partial charge in [0.05, 0.1) is 54.1 Å². The van der Waals surface area contributed by atoms with Crippen molar-refractivity contribution in [1.82, 2.24) is 20.1 Å². The van der Waals surface area contributed by atoms with Crippen LogP contribution >= 0.6 is 0 Å². The van der Waals surface area contributed by atoms with Gasteiger partial charge >= 0.3 is 0 Å². The molecular formula is C23H28N4O5S. The Balaban J connectivity index is 1.92. The van der Waals surface area contributed by atoms with Gasteiger partial charge in [-0.15, -0.1) is 0 Å². The number of hydrogen-bond donors (Lipinski definition) is 1. The van der Waals surface area contributed by atoms with Gasteiger partial charge in [-0.2, -0.15) is 5.10 Å². The van der Waals surface area contributed by atoms with Gasteiger partial charge in [0.25, 0.3) is 5.91 Å². The molecule has 4 rings (SSSR count). The summed E-state index contributed by atoms with van der Waals surface area (Å²) in [6.07, 6.45) is 1.28. The highest BCUT2D eigenvalue weighted by atomic mass is 32.2. The lowest BCUT2D eigenvalue weighted by Gasteiger charge is -2.13. The number of methoxy groups -OCH3 is 2. The molecule has 2 aromatic heterocycles. The minimum atomic E-state index is -3.12. The van der Waals surface area contributed by atoms with Crippen molar-refractivity contribution < 1.29 is 22.7 Å². The fourth-order valence-electron chi connectivity index (χ4n) is 4.19. The summed E-state index contributed by atoms with van der Waals surface area (Å²) >= 11 is 0. The highest BCUT2D eigenvalue weighted by Crippen LogP contribution is 2.35. The van der Waals surface area contributed by atoms with E-state index >= 15 is 0 Å². The SMILES string of the molecule is CCCNC(=O)c1cc(-c2ccc(OC)c(OC)c2)nc2c1c(C)nn2C1CCS(=O)(=O)C1. The molecule has 0 bridgehead atoms. The predicted octanol–water partition coefficient (Wildman–Crippen LogP) is 2.92. The molecule has 0 spiro atoms. The molecule has 1 saturated heterocycles. The second kappa shape index (κ2) is 9.01. The summed E-state index contributed by atoms with van der Waals surface area (Å²) in [5, 5.41) is 8.19. The lowest BCUT2D eigenvalue weighted by atomic mass is 10.0. The molecule has 9 nitrogen and oxygen atoms in total. The first-order chi connectivity index (χ1) is 15.8. The number of hydrogen-bond acceptors (Lipinski definition) is 7. The number of rotatable bonds is 7. The maximum atomic E-state index is 13.1. The van der Waals surface area contributed by atoms with Gasteiger partial charge in [-0.25, -0.2) is 18.1 Å². The highest BCUT2D eigenvalue weighted by molar-refractivity contribution is 7.91. The van der Waals surface area contributed by atoms with Crippen molar-refractivity contribution in [2.24, 2.45) is 0 Å². The average Bonchev–Trinajstić information content (AvgIpc) is 3.34. The summed E-state index contributed by atoms with van der Waals surface area (Å²) in [7, 11) is 0.00209. The minimum absolute atomic E-state index is 0.0167.